The maximum atomic E-state index is 12.2. The topological polar surface area (TPSA) is 59.1 Å². The molecule has 0 amide bonds. The molecule has 0 aliphatic heterocycles. The van der Waals surface area contributed by atoms with Gasteiger partial charge in [0.05, 0.1) is 15.2 Å². The number of rotatable bonds is 3. The second-order valence-electron chi connectivity index (χ2n) is 3.71. The van der Waals surface area contributed by atoms with Crippen molar-refractivity contribution in [1.29, 1.82) is 0 Å². The summed E-state index contributed by atoms with van der Waals surface area (Å²) in [6.45, 7) is 3.54. The number of pyridine rings is 1. The first kappa shape index (κ1) is 13.5. The Morgan fingerprint density at radius 2 is 2.11 bits per heavy atom. The van der Waals surface area contributed by atoms with Gasteiger partial charge in [0.2, 0.25) is 0 Å². The molecule has 7 heteroatoms. The molecule has 4 nitrogen and oxygen atoms in total. The van der Waals surface area contributed by atoms with E-state index in [1.54, 1.807) is 38.2 Å². The van der Waals surface area contributed by atoms with Gasteiger partial charge in [-0.05, 0) is 48.0 Å². The summed E-state index contributed by atoms with van der Waals surface area (Å²) in [5, 5.41) is 0. The van der Waals surface area contributed by atoms with Crippen LogP contribution >= 0.6 is 27.3 Å². The maximum absolute atomic E-state index is 12.2. The molecule has 0 aliphatic rings. The molecule has 0 aliphatic carbocycles. The quantitative estimate of drug-likeness (QED) is 0.927. The molecule has 2 aromatic heterocycles. The monoisotopic (exact) mass is 346 g/mol. The summed E-state index contributed by atoms with van der Waals surface area (Å²) in [6, 6.07) is 4.99. The van der Waals surface area contributed by atoms with Gasteiger partial charge in [-0.25, -0.2) is 8.42 Å². The third-order valence-electron chi connectivity index (χ3n) is 2.38. The number of thiophene rings is 1. The molecule has 2 aromatic rings. The van der Waals surface area contributed by atoms with Gasteiger partial charge in [0.25, 0.3) is 10.0 Å². The molecule has 0 unspecified atom stereocenters. The summed E-state index contributed by atoms with van der Waals surface area (Å²) >= 11 is 4.68. The van der Waals surface area contributed by atoms with Crippen molar-refractivity contribution in [3.05, 3.63) is 38.8 Å². The van der Waals surface area contributed by atoms with Gasteiger partial charge in [-0.2, -0.15) is 0 Å². The van der Waals surface area contributed by atoms with Gasteiger partial charge < -0.3 is 0 Å². The fourth-order valence-electron chi connectivity index (χ4n) is 1.49. The van der Waals surface area contributed by atoms with Crippen LogP contribution in [0, 0.1) is 13.8 Å². The lowest BCUT2D eigenvalue weighted by Crippen LogP contribution is -2.14. The maximum Gasteiger partial charge on any atom is 0.263 e. The van der Waals surface area contributed by atoms with E-state index in [0.717, 1.165) is 8.66 Å². The van der Waals surface area contributed by atoms with Crippen LogP contribution in [0.25, 0.3) is 0 Å². The van der Waals surface area contributed by atoms with Crippen molar-refractivity contribution in [2.75, 3.05) is 4.72 Å². The van der Waals surface area contributed by atoms with Crippen LogP contribution in [0.2, 0.25) is 0 Å². The van der Waals surface area contributed by atoms with E-state index in [1.165, 1.54) is 11.3 Å². The lowest BCUT2D eigenvalue weighted by atomic mass is 10.3. The summed E-state index contributed by atoms with van der Waals surface area (Å²) in [6.07, 6.45) is 1.62. The van der Waals surface area contributed by atoms with Crippen molar-refractivity contribution in [2.24, 2.45) is 0 Å². The molecule has 18 heavy (non-hydrogen) atoms. The molecule has 0 aromatic carbocycles. The highest BCUT2D eigenvalue weighted by molar-refractivity contribution is 9.11. The number of aromatic nitrogens is 1. The Kier molecular flexibility index (Phi) is 3.74. The Balaban J connectivity index is 2.40. The summed E-state index contributed by atoms with van der Waals surface area (Å²) in [5.74, 6) is 0. The molecule has 0 radical (unpaired) electrons. The van der Waals surface area contributed by atoms with Gasteiger partial charge in [0, 0.05) is 11.1 Å². The number of nitrogens with one attached hydrogen (secondary N) is 1. The first-order chi connectivity index (χ1) is 8.40. The van der Waals surface area contributed by atoms with Crippen molar-refractivity contribution in [1.82, 2.24) is 4.98 Å². The van der Waals surface area contributed by atoms with E-state index in [0.29, 0.717) is 16.3 Å². The van der Waals surface area contributed by atoms with Gasteiger partial charge in [-0.1, -0.05) is 0 Å². The van der Waals surface area contributed by atoms with Crippen LogP contribution in [-0.2, 0) is 10.0 Å². The molecule has 0 spiro atoms. The third kappa shape index (κ3) is 2.73. The van der Waals surface area contributed by atoms with E-state index in [2.05, 4.69) is 25.6 Å². The summed E-state index contributed by atoms with van der Waals surface area (Å²) < 4.78 is 27.8. The van der Waals surface area contributed by atoms with Crippen LogP contribution in [0.1, 0.15) is 10.6 Å². The minimum absolute atomic E-state index is 0.294. The van der Waals surface area contributed by atoms with E-state index >= 15 is 0 Å². The molecule has 2 rings (SSSR count). The molecule has 0 bridgehead atoms. The van der Waals surface area contributed by atoms with E-state index in [-0.39, 0.29) is 0 Å². The van der Waals surface area contributed by atoms with Gasteiger partial charge in [-0.15, -0.1) is 11.3 Å². The molecular weight excluding hydrogens is 336 g/mol. The number of sulfonamides is 1. The average Bonchev–Trinajstić information content (AvgIpc) is 2.62. The number of hydrogen-bond acceptors (Lipinski definition) is 4. The molecule has 0 fully saturated rings. The Morgan fingerprint density at radius 3 is 2.67 bits per heavy atom. The van der Waals surface area contributed by atoms with Gasteiger partial charge in [-0.3, -0.25) is 9.71 Å². The zero-order valence-electron chi connectivity index (χ0n) is 9.77. The summed E-state index contributed by atoms with van der Waals surface area (Å²) in [5.41, 5.74) is 1.15. The fourth-order valence-corrected chi connectivity index (χ4v) is 5.02. The smallest absolute Gasteiger partial charge is 0.263 e. The normalized spacial score (nSPS) is 11.5. The standard InChI is InChI=1S/C11H11BrN2O2S2/c1-7-9(4-3-5-13-7)14-18(15,16)10-6-11(12)17-8(10)2/h3-6,14H,1-2H3. The zero-order chi connectivity index (χ0) is 13.3. The summed E-state index contributed by atoms with van der Waals surface area (Å²) in [4.78, 5) is 5.09. The lowest BCUT2D eigenvalue weighted by Gasteiger charge is -2.09. The van der Waals surface area contributed by atoms with Crippen molar-refractivity contribution in [2.45, 2.75) is 18.7 Å². The Bertz CT molecular complexity index is 680. The van der Waals surface area contributed by atoms with Crippen molar-refractivity contribution in [3.63, 3.8) is 0 Å². The first-order valence-electron chi connectivity index (χ1n) is 5.10. The minimum Gasteiger partial charge on any atom is -0.278 e. The molecular formula is C11H11BrN2O2S2. The second kappa shape index (κ2) is 4.99. The predicted molar refractivity (Wildman–Crippen MR) is 76.5 cm³/mol. The van der Waals surface area contributed by atoms with Crippen LogP contribution < -0.4 is 4.72 Å². The molecule has 0 saturated carbocycles. The van der Waals surface area contributed by atoms with Crippen LogP contribution in [0.3, 0.4) is 0 Å². The van der Waals surface area contributed by atoms with Crippen LogP contribution in [0.5, 0.6) is 0 Å². The molecule has 0 atom stereocenters. The number of halogens is 1. The molecule has 2 heterocycles. The highest BCUT2D eigenvalue weighted by atomic mass is 79.9. The summed E-state index contributed by atoms with van der Waals surface area (Å²) in [7, 11) is -3.56. The molecule has 96 valence electrons. The van der Waals surface area contributed by atoms with Crippen LogP contribution in [-0.4, -0.2) is 13.4 Å². The number of hydrogen-bond donors (Lipinski definition) is 1. The second-order valence-corrected chi connectivity index (χ2v) is 8.00. The van der Waals surface area contributed by atoms with Crippen LogP contribution in [0.4, 0.5) is 5.69 Å². The van der Waals surface area contributed by atoms with Gasteiger partial charge in [0.15, 0.2) is 0 Å². The zero-order valence-corrected chi connectivity index (χ0v) is 13.0. The largest absolute Gasteiger partial charge is 0.278 e. The predicted octanol–water partition coefficient (Wildman–Crippen LogP) is 3.32. The highest BCUT2D eigenvalue weighted by Gasteiger charge is 2.20. The minimum atomic E-state index is -3.56. The van der Waals surface area contributed by atoms with E-state index in [9.17, 15) is 8.42 Å². The van der Waals surface area contributed by atoms with Gasteiger partial charge in [0.1, 0.15) is 4.90 Å². The van der Waals surface area contributed by atoms with Gasteiger partial charge >= 0.3 is 0 Å². The Hall–Kier alpha value is -0.920. The Labute approximate surface area is 118 Å². The van der Waals surface area contributed by atoms with Crippen molar-refractivity contribution in [3.8, 4) is 0 Å². The van der Waals surface area contributed by atoms with E-state index in [1.807, 2.05) is 0 Å². The fraction of sp³-hybridized carbons (Fsp3) is 0.182. The van der Waals surface area contributed by atoms with Crippen molar-refractivity contribution < 1.29 is 8.42 Å². The van der Waals surface area contributed by atoms with Crippen molar-refractivity contribution >= 4 is 43.0 Å². The van der Waals surface area contributed by atoms with E-state index < -0.39 is 10.0 Å². The average molecular weight is 347 g/mol. The SMILES string of the molecule is Cc1ncccc1NS(=O)(=O)c1cc(Br)sc1C. The van der Waals surface area contributed by atoms with Crippen LogP contribution in [0.15, 0.2) is 33.1 Å². The molecule has 0 saturated heterocycles. The third-order valence-corrected chi connectivity index (χ3v) is 5.56. The highest BCUT2D eigenvalue weighted by Crippen LogP contribution is 2.30. The number of anilines is 1. The lowest BCUT2D eigenvalue weighted by molar-refractivity contribution is 0.601. The molecule has 1 N–H and O–H groups in total. The Morgan fingerprint density at radius 1 is 1.39 bits per heavy atom. The van der Waals surface area contributed by atoms with E-state index in [4.69, 9.17) is 0 Å². The number of nitrogens with zero attached hydrogens (tertiary/aromatic N) is 1. The first-order valence-corrected chi connectivity index (χ1v) is 8.20. The number of aryl methyl sites for hydroxylation is 2.